The average molecular weight is 259 g/mol. The normalized spacial score (nSPS) is 19.9. The summed E-state index contributed by atoms with van der Waals surface area (Å²) in [6.45, 7) is 3.67. The van der Waals surface area contributed by atoms with Crippen LogP contribution in [0.15, 0.2) is 30.3 Å². The first-order valence-corrected chi connectivity index (χ1v) is 6.30. The molecule has 1 aromatic carbocycles. The monoisotopic (exact) mass is 259 g/mol. The van der Waals surface area contributed by atoms with Crippen LogP contribution in [0.3, 0.4) is 0 Å². The minimum Gasteiger partial charge on any atom is -0.303 e. The lowest BCUT2D eigenvalue weighted by molar-refractivity contribution is -0.142. The molecule has 1 atom stereocenters. The second kappa shape index (κ2) is 4.96. The van der Waals surface area contributed by atoms with Gasteiger partial charge < -0.3 is 4.79 Å². The number of rotatable bonds is 4. The van der Waals surface area contributed by atoms with Gasteiger partial charge in [-0.25, -0.2) is 0 Å². The Morgan fingerprint density at radius 2 is 1.89 bits per heavy atom. The van der Waals surface area contributed by atoms with E-state index in [1.807, 2.05) is 30.3 Å². The van der Waals surface area contributed by atoms with Crippen LogP contribution < -0.4 is 0 Å². The number of carbonyl (C=O) groups is 3. The minimum absolute atomic E-state index is 0.122. The number of hydrogen-bond donors (Lipinski definition) is 0. The van der Waals surface area contributed by atoms with Crippen molar-refractivity contribution < 1.29 is 14.4 Å². The zero-order valence-electron chi connectivity index (χ0n) is 11.1. The van der Waals surface area contributed by atoms with Gasteiger partial charge in [0.05, 0.1) is 12.5 Å². The topological polar surface area (TPSA) is 54.5 Å². The molecule has 0 radical (unpaired) electrons. The molecule has 2 rings (SSSR count). The van der Waals surface area contributed by atoms with Crippen LogP contribution in [0.2, 0.25) is 0 Å². The molecular formula is C15H17NO3. The number of nitrogens with zero attached hydrogens (tertiary/aromatic N) is 1. The summed E-state index contributed by atoms with van der Waals surface area (Å²) in [6.07, 6.45) is 0.881. The van der Waals surface area contributed by atoms with Crippen molar-refractivity contribution >= 4 is 18.1 Å². The molecule has 1 heterocycles. The van der Waals surface area contributed by atoms with Gasteiger partial charge in [-0.1, -0.05) is 44.2 Å². The molecule has 1 aromatic rings. The molecule has 1 aliphatic heterocycles. The highest BCUT2D eigenvalue weighted by Crippen LogP contribution is 2.34. The highest BCUT2D eigenvalue weighted by atomic mass is 16.2. The van der Waals surface area contributed by atoms with Gasteiger partial charge in [-0.3, -0.25) is 14.5 Å². The lowest BCUT2D eigenvalue weighted by atomic mass is 9.79. The van der Waals surface area contributed by atoms with Gasteiger partial charge in [0.25, 0.3) is 0 Å². The summed E-state index contributed by atoms with van der Waals surface area (Å²) >= 11 is 0. The highest BCUT2D eigenvalue weighted by molar-refractivity contribution is 6.04. The van der Waals surface area contributed by atoms with Gasteiger partial charge in [0.2, 0.25) is 11.8 Å². The Hall–Kier alpha value is -1.97. The van der Waals surface area contributed by atoms with E-state index in [1.54, 1.807) is 13.8 Å². The summed E-state index contributed by atoms with van der Waals surface area (Å²) < 4.78 is 0. The van der Waals surface area contributed by atoms with Gasteiger partial charge in [0.15, 0.2) is 0 Å². The molecule has 0 unspecified atom stereocenters. The molecule has 0 saturated carbocycles. The molecule has 1 fully saturated rings. The van der Waals surface area contributed by atoms with E-state index in [1.165, 1.54) is 4.90 Å². The van der Waals surface area contributed by atoms with Gasteiger partial charge >= 0.3 is 0 Å². The number of benzene rings is 1. The van der Waals surface area contributed by atoms with E-state index in [0.29, 0.717) is 0 Å². The van der Waals surface area contributed by atoms with Crippen molar-refractivity contribution in [2.24, 2.45) is 11.3 Å². The van der Waals surface area contributed by atoms with E-state index in [4.69, 9.17) is 0 Å². The molecule has 4 nitrogen and oxygen atoms in total. The zero-order valence-corrected chi connectivity index (χ0v) is 11.1. The molecule has 1 saturated heterocycles. The summed E-state index contributed by atoms with van der Waals surface area (Å²) in [5, 5.41) is 0. The van der Waals surface area contributed by atoms with Crippen molar-refractivity contribution in [1.29, 1.82) is 0 Å². The number of imide groups is 1. The highest BCUT2D eigenvalue weighted by Gasteiger charge is 2.46. The Morgan fingerprint density at radius 3 is 2.47 bits per heavy atom. The van der Waals surface area contributed by atoms with E-state index in [2.05, 4.69) is 0 Å². The number of hydrogen-bond acceptors (Lipinski definition) is 3. The quantitative estimate of drug-likeness (QED) is 0.612. The lowest BCUT2D eigenvalue weighted by Gasteiger charge is -2.23. The molecular weight excluding hydrogens is 242 g/mol. The lowest BCUT2D eigenvalue weighted by Crippen LogP contribution is -2.35. The van der Waals surface area contributed by atoms with Gasteiger partial charge in [-0.05, 0) is 5.56 Å². The van der Waals surface area contributed by atoms with E-state index < -0.39 is 11.3 Å². The minimum atomic E-state index is -0.793. The van der Waals surface area contributed by atoms with Gasteiger partial charge in [-0.2, -0.15) is 0 Å². The Labute approximate surface area is 112 Å². The van der Waals surface area contributed by atoms with E-state index in [-0.39, 0.29) is 24.8 Å². The molecule has 0 spiro atoms. The average Bonchev–Trinajstić information content (AvgIpc) is 2.69. The first-order chi connectivity index (χ1) is 8.95. The third-order valence-corrected chi connectivity index (χ3v) is 3.63. The second-order valence-electron chi connectivity index (χ2n) is 5.50. The molecule has 19 heavy (non-hydrogen) atoms. The number of carbonyl (C=O) groups excluding carboxylic acids is 3. The molecule has 0 aliphatic carbocycles. The summed E-state index contributed by atoms with van der Waals surface area (Å²) in [4.78, 5) is 36.5. The maximum Gasteiger partial charge on any atom is 0.234 e. The molecule has 2 amide bonds. The summed E-state index contributed by atoms with van der Waals surface area (Å²) in [7, 11) is 0. The van der Waals surface area contributed by atoms with Crippen molar-refractivity contribution in [3.63, 3.8) is 0 Å². The maximum atomic E-state index is 12.3. The first kappa shape index (κ1) is 13.5. The van der Waals surface area contributed by atoms with Crippen LogP contribution in [-0.2, 0) is 20.9 Å². The standard InChI is InChI=1S/C15H17NO3/c1-15(2,10-17)12-8-13(18)16(14(12)19)9-11-6-4-3-5-7-11/h3-7,10,12H,8-9H2,1-2H3/t12-/m1/s1. The smallest absolute Gasteiger partial charge is 0.234 e. The Kier molecular flexibility index (Phi) is 3.51. The van der Waals surface area contributed by atoms with E-state index in [0.717, 1.165) is 11.8 Å². The molecule has 0 aromatic heterocycles. The van der Waals surface area contributed by atoms with Crippen molar-refractivity contribution in [3.8, 4) is 0 Å². The van der Waals surface area contributed by atoms with Gasteiger partial charge in [0, 0.05) is 11.8 Å². The second-order valence-corrected chi connectivity index (χ2v) is 5.50. The predicted octanol–water partition coefficient (Wildman–Crippen LogP) is 1.79. The van der Waals surface area contributed by atoms with Crippen LogP contribution in [0.4, 0.5) is 0 Å². The van der Waals surface area contributed by atoms with E-state index in [9.17, 15) is 14.4 Å². The molecule has 0 bridgehead atoms. The van der Waals surface area contributed by atoms with Crippen LogP contribution in [0.5, 0.6) is 0 Å². The maximum absolute atomic E-state index is 12.3. The number of likely N-dealkylation sites (tertiary alicyclic amines) is 1. The fraction of sp³-hybridized carbons (Fsp3) is 0.400. The zero-order chi connectivity index (χ0) is 14.0. The summed E-state index contributed by atoms with van der Waals surface area (Å²) in [6, 6.07) is 9.37. The van der Waals surface area contributed by atoms with Crippen molar-refractivity contribution in [3.05, 3.63) is 35.9 Å². The first-order valence-electron chi connectivity index (χ1n) is 6.30. The Balaban J connectivity index is 2.18. The summed E-state index contributed by atoms with van der Waals surface area (Å²) in [5.74, 6) is -0.985. The van der Waals surface area contributed by atoms with E-state index >= 15 is 0 Å². The van der Waals surface area contributed by atoms with Crippen LogP contribution in [-0.4, -0.2) is 23.0 Å². The Bertz CT molecular complexity index is 507. The SMILES string of the molecule is CC(C)(C=O)[C@@H]1CC(=O)N(Cc2ccccc2)C1=O. The third kappa shape index (κ3) is 2.57. The third-order valence-electron chi connectivity index (χ3n) is 3.63. The van der Waals surface area contributed by atoms with Crippen LogP contribution in [0.1, 0.15) is 25.8 Å². The Morgan fingerprint density at radius 1 is 1.26 bits per heavy atom. The number of amides is 2. The van der Waals surface area contributed by atoms with Crippen molar-refractivity contribution in [2.45, 2.75) is 26.8 Å². The van der Waals surface area contributed by atoms with Gasteiger partial charge in [0.1, 0.15) is 6.29 Å². The molecule has 4 heteroatoms. The van der Waals surface area contributed by atoms with Crippen LogP contribution >= 0.6 is 0 Å². The summed E-state index contributed by atoms with van der Waals surface area (Å²) in [5.41, 5.74) is 0.117. The molecule has 0 N–H and O–H groups in total. The van der Waals surface area contributed by atoms with Gasteiger partial charge in [-0.15, -0.1) is 0 Å². The fourth-order valence-corrected chi connectivity index (χ4v) is 2.28. The van der Waals surface area contributed by atoms with Crippen molar-refractivity contribution in [1.82, 2.24) is 4.90 Å². The van der Waals surface area contributed by atoms with Crippen molar-refractivity contribution in [2.75, 3.05) is 0 Å². The predicted molar refractivity (Wildman–Crippen MR) is 70.0 cm³/mol. The van der Waals surface area contributed by atoms with Crippen LogP contribution in [0, 0.1) is 11.3 Å². The fourth-order valence-electron chi connectivity index (χ4n) is 2.28. The largest absolute Gasteiger partial charge is 0.303 e. The molecule has 1 aliphatic rings. The van der Waals surface area contributed by atoms with Crippen LogP contribution in [0.25, 0.3) is 0 Å². The molecule has 100 valence electrons. The number of aldehydes is 1.